The lowest BCUT2D eigenvalue weighted by atomic mass is 10.2. The highest BCUT2D eigenvalue weighted by molar-refractivity contribution is 7.91. The van der Waals surface area contributed by atoms with Crippen molar-refractivity contribution in [2.75, 3.05) is 32.4 Å². The third-order valence-corrected chi connectivity index (χ3v) is 7.62. The molecular formula is C17H26N2O5S2. The summed E-state index contributed by atoms with van der Waals surface area (Å²) in [5.41, 5.74) is 0.497. The number of nitrogens with zero attached hydrogens (tertiary/aromatic N) is 2. The number of hydrogen-bond acceptors (Lipinski definition) is 5. The molecule has 0 aromatic heterocycles. The first-order valence-electron chi connectivity index (χ1n) is 8.54. The molecule has 1 fully saturated rings. The van der Waals surface area contributed by atoms with Crippen LogP contribution in [0, 0.1) is 12.8 Å². The molecule has 0 aliphatic carbocycles. The molecule has 2 rings (SSSR count). The van der Waals surface area contributed by atoms with E-state index in [0.29, 0.717) is 31.6 Å². The van der Waals surface area contributed by atoms with Crippen LogP contribution in [-0.2, 0) is 24.7 Å². The van der Waals surface area contributed by atoms with Crippen molar-refractivity contribution >= 4 is 25.8 Å². The fourth-order valence-corrected chi connectivity index (χ4v) is 5.39. The van der Waals surface area contributed by atoms with E-state index in [1.807, 2.05) is 13.8 Å². The minimum atomic E-state index is -3.84. The van der Waals surface area contributed by atoms with Gasteiger partial charge in [0.25, 0.3) is 0 Å². The molecule has 0 unspecified atom stereocenters. The van der Waals surface area contributed by atoms with Crippen LogP contribution in [0.5, 0.6) is 0 Å². The Morgan fingerprint density at radius 1 is 1.04 bits per heavy atom. The van der Waals surface area contributed by atoms with Gasteiger partial charge in [0.15, 0.2) is 9.84 Å². The van der Waals surface area contributed by atoms with E-state index in [9.17, 15) is 21.6 Å². The molecule has 0 atom stereocenters. The molecule has 0 N–H and O–H groups in total. The number of sulfone groups is 1. The molecule has 0 saturated carbocycles. The lowest BCUT2D eigenvalue weighted by Crippen LogP contribution is -2.39. The molecule has 1 aromatic carbocycles. The first kappa shape index (κ1) is 20.9. The van der Waals surface area contributed by atoms with E-state index in [0.717, 1.165) is 6.26 Å². The van der Waals surface area contributed by atoms with Gasteiger partial charge in [-0.25, -0.2) is 16.8 Å². The van der Waals surface area contributed by atoms with Crippen LogP contribution in [0.2, 0.25) is 0 Å². The van der Waals surface area contributed by atoms with Crippen LogP contribution in [0.4, 0.5) is 0 Å². The Kier molecular flexibility index (Phi) is 6.14. The average molecular weight is 403 g/mol. The molecular weight excluding hydrogens is 376 g/mol. The Bertz CT molecular complexity index is 892. The standard InChI is InChI=1S/C17H26N2O5S2/c1-13(2)17(20)18-8-5-9-19(11-10-18)26(23,24)16-12-15(25(4,21)22)7-6-14(16)3/h6-7,12-13H,5,8-11H2,1-4H3. The molecule has 0 radical (unpaired) electrons. The van der Waals surface area contributed by atoms with E-state index < -0.39 is 19.9 Å². The Balaban J connectivity index is 2.32. The van der Waals surface area contributed by atoms with Gasteiger partial charge in [0.1, 0.15) is 0 Å². The van der Waals surface area contributed by atoms with Crippen LogP contribution in [0.3, 0.4) is 0 Å². The van der Waals surface area contributed by atoms with E-state index in [1.54, 1.807) is 11.8 Å². The van der Waals surface area contributed by atoms with Gasteiger partial charge in [0.05, 0.1) is 9.79 Å². The molecule has 1 heterocycles. The number of hydrogen-bond donors (Lipinski definition) is 0. The van der Waals surface area contributed by atoms with Crippen molar-refractivity contribution in [2.45, 2.75) is 37.0 Å². The lowest BCUT2D eigenvalue weighted by Gasteiger charge is -2.24. The summed E-state index contributed by atoms with van der Waals surface area (Å²) >= 11 is 0. The second-order valence-electron chi connectivity index (χ2n) is 6.94. The minimum absolute atomic E-state index is 0.00376. The third-order valence-electron chi connectivity index (χ3n) is 4.47. The highest BCUT2D eigenvalue weighted by atomic mass is 32.2. The number of carbonyl (C=O) groups excluding carboxylic acids is 1. The maximum Gasteiger partial charge on any atom is 0.243 e. The summed E-state index contributed by atoms with van der Waals surface area (Å²) < 4.78 is 51.1. The zero-order valence-corrected chi connectivity index (χ0v) is 17.2. The molecule has 1 amide bonds. The van der Waals surface area contributed by atoms with Gasteiger partial charge in [0, 0.05) is 38.4 Å². The van der Waals surface area contributed by atoms with Crippen molar-refractivity contribution in [3.05, 3.63) is 23.8 Å². The average Bonchev–Trinajstić information content (AvgIpc) is 2.79. The molecule has 7 nitrogen and oxygen atoms in total. The van der Waals surface area contributed by atoms with Crippen molar-refractivity contribution < 1.29 is 21.6 Å². The summed E-state index contributed by atoms with van der Waals surface area (Å²) in [7, 11) is -7.34. The maximum absolute atomic E-state index is 13.1. The quantitative estimate of drug-likeness (QED) is 0.756. The fourth-order valence-electron chi connectivity index (χ4n) is 2.95. The van der Waals surface area contributed by atoms with Crippen molar-refractivity contribution in [3.63, 3.8) is 0 Å². The highest BCUT2D eigenvalue weighted by Gasteiger charge is 2.30. The molecule has 1 aliphatic heterocycles. The highest BCUT2D eigenvalue weighted by Crippen LogP contribution is 2.24. The zero-order chi connectivity index (χ0) is 19.7. The van der Waals surface area contributed by atoms with Crippen molar-refractivity contribution in [1.29, 1.82) is 0 Å². The van der Waals surface area contributed by atoms with Crippen molar-refractivity contribution in [1.82, 2.24) is 9.21 Å². The smallest absolute Gasteiger partial charge is 0.243 e. The summed E-state index contributed by atoms with van der Waals surface area (Å²) in [5.74, 6) is -0.119. The van der Waals surface area contributed by atoms with Crippen molar-refractivity contribution in [2.24, 2.45) is 5.92 Å². The molecule has 1 aromatic rings. The van der Waals surface area contributed by atoms with Gasteiger partial charge in [-0.05, 0) is 31.0 Å². The van der Waals surface area contributed by atoms with Crippen LogP contribution >= 0.6 is 0 Å². The van der Waals surface area contributed by atoms with Crippen LogP contribution in [0.1, 0.15) is 25.8 Å². The summed E-state index contributed by atoms with van der Waals surface area (Å²) in [5, 5.41) is 0. The largest absolute Gasteiger partial charge is 0.341 e. The monoisotopic (exact) mass is 402 g/mol. The second kappa shape index (κ2) is 7.66. The lowest BCUT2D eigenvalue weighted by molar-refractivity contribution is -0.134. The molecule has 1 aliphatic rings. The summed E-state index contributed by atoms with van der Waals surface area (Å²) in [6.07, 6.45) is 1.60. The normalized spacial score (nSPS) is 17.3. The topological polar surface area (TPSA) is 91.8 Å². The van der Waals surface area contributed by atoms with Gasteiger partial charge in [-0.3, -0.25) is 4.79 Å². The van der Waals surface area contributed by atoms with Gasteiger partial charge in [-0.2, -0.15) is 4.31 Å². The molecule has 9 heteroatoms. The summed E-state index contributed by atoms with van der Waals surface area (Å²) in [4.78, 5) is 13.9. The van der Waals surface area contributed by atoms with Gasteiger partial charge >= 0.3 is 0 Å². The van der Waals surface area contributed by atoms with Crippen LogP contribution in [0.15, 0.2) is 28.0 Å². The number of benzene rings is 1. The molecule has 146 valence electrons. The van der Waals surface area contributed by atoms with Crippen LogP contribution < -0.4 is 0 Å². The predicted molar refractivity (Wildman–Crippen MR) is 99.1 cm³/mol. The molecule has 0 spiro atoms. The third kappa shape index (κ3) is 4.44. The van der Waals surface area contributed by atoms with Gasteiger partial charge in [-0.15, -0.1) is 0 Å². The summed E-state index contributed by atoms with van der Waals surface area (Å²) in [6, 6.07) is 4.15. The number of aryl methyl sites for hydroxylation is 1. The van der Waals surface area contributed by atoms with Gasteiger partial charge < -0.3 is 4.90 Å². The number of rotatable bonds is 4. The molecule has 26 heavy (non-hydrogen) atoms. The maximum atomic E-state index is 13.1. The zero-order valence-electron chi connectivity index (χ0n) is 15.6. The Labute approximate surface area is 156 Å². The van der Waals surface area contributed by atoms with Crippen LogP contribution in [-0.4, -0.2) is 64.4 Å². The minimum Gasteiger partial charge on any atom is -0.341 e. The van der Waals surface area contributed by atoms with E-state index in [1.165, 1.54) is 22.5 Å². The van der Waals surface area contributed by atoms with Gasteiger partial charge in [0.2, 0.25) is 15.9 Å². The Morgan fingerprint density at radius 2 is 1.69 bits per heavy atom. The van der Waals surface area contributed by atoms with E-state index >= 15 is 0 Å². The predicted octanol–water partition coefficient (Wildman–Crippen LogP) is 1.28. The Hall–Kier alpha value is -1.45. The number of amides is 1. The number of sulfonamides is 1. The van der Waals surface area contributed by atoms with Crippen LogP contribution in [0.25, 0.3) is 0 Å². The Morgan fingerprint density at radius 3 is 2.27 bits per heavy atom. The molecule has 1 saturated heterocycles. The van der Waals surface area contributed by atoms with Crippen molar-refractivity contribution in [3.8, 4) is 0 Å². The second-order valence-corrected chi connectivity index (χ2v) is 10.9. The SMILES string of the molecule is Cc1ccc(S(C)(=O)=O)cc1S(=O)(=O)N1CCCN(C(=O)C(C)C)CC1. The first-order chi connectivity index (χ1) is 11.9. The van der Waals surface area contributed by atoms with Gasteiger partial charge in [-0.1, -0.05) is 19.9 Å². The van der Waals surface area contributed by atoms with E-state index in [4.69, 9.17) is 0 Å². The summed E-state index contributed by atoms with van der Waals surface area (Å²) in [6.45, 7) is 6.64. The van der Waals surface area contributed by atoms with E-state index in [2.05, 4.69) is 0 Å². The van der Waals surface area contributed by atoms with E-state index in [-0.39, 0.29) is 28.2 Å². The first-order valence-corrected chi connectivity index (χ1v) is 11.9. The molecule has 0 bridgehead atoms. The number of carbonyl (C=O) groups is 1. The fraction of sp³-hybridized carbons (Fsp3) is 0.588.